The second-order valence-electron chi connectivity index (χ2n) is 5.38. The molecule has 118 valence electrons. The summed E-state index contributed by atoms with van der Waals surface area (Å²) >= 11 is 8.05. The van der Waals surface area contributed by atoms with Gasteiger partial charge in [0, 0.05) is 15.2 Å². The summed E-state index contributed by atoms with van der Waals surface area (Å²) in [7, 11) is 0. The monoisotopic (exact) mass is 440 g/mol. The van der Waals surface area contributed by atoms with Crippen LogP contribution in [0.3, 0.4) is 0 Å². The summed E-state index contributed by atoms with van der Waals surface area (Å²) in [5.74, 6) is -0.430. The molecule has 0 atom stereocenters. The fourth-order valence-electron chi connectivity index (χ4n) is 2.11. The minimum atomic E-state index is -0.272. The molecule has 0 unspecified atom stereocenters. The molecule has 2 N–H and O–H groups in total. The zero-order chi connectivity index (χ0) is 16.4. The lowest BCUT2D eigenvalue weighted by Crippen LogP contribution is -2.27. The van der Waals surface area contributed by atoms with Crippen molar-refractivity contribution in [2.45, 2.75) is 18.9 Å². The number of carbonyl (C=O) groups is 2. The van der Waals surface area contributed by atoms with Crippen molar-refractivity contribution in [3.63, 3.8) is 0 Å². The van der Waals surface area contributed by atoms with Gasteiger partial charge in [-0.15, -0.1) is 0 Å². The van der Waals surface area contributed by atoms with Crippen LogP contribution in [0.25, 0.3) is 0 Å². The van der Waals surface area contributed by atoms with Crippen molar-refractivity contribution in [1.29, 1.82) is 0 Å². The zero-order valence-corrected chi connectivity index (χ0v) is 15.0. The van der Waals surface area contributed by atoms with E-state index in [1.165, 1.54) is 0 Å². The third kappa shape index (κ3) is 4.03. The van der Waals surface area contributed by atoms with Gasteiger partial charge in [-0.25, -0.2) is 0 Å². The van der Waals surface area contributed by atoms with Crippen LogP contribution in [0.15, 0.2) is 42.5 Å². The predicted octanol–water partition coefficient (Wildman–Crippen LogP) is 4.09. The summed E-state index contributed by atoms with van der Waals surface area (Å²) in [6.07, 6.45) is 2.03. The average molecular weight is 441 g/mol. The fraction of sp³-hybridized carbons (Fsp3) is 0.176. The molecule has 3 rings (SSSR count). The molecule has 0 bridgehead atoms. The SMILES string of the molecule is O=C(Nc1ccccc1C(=O)NC1CC1)c1ccc(Cl)c(I)c1. The number of nitrogens with one attached hydrogen (secondary N) is 2. The molecule has 4 nitrogen and oxygen atoms in total. The number of benzene rings is 2. The highest BCUT2D eigenvalue weighted by Crippen LogP contribution is 2.23. The Morgan fingerprint density at radius 2 is 1.83 bits per heavy atom. The Kier molecular flexibility index (Phi) is 4.87. The van der Waals surface area contributed by atoms with Crippen LogP contribution in [0.2, 0.25) is 5.02 Å². The molecule has 1 fully saturated rings. The van der Waals surface area contributed by atoms with Crippen molar-refractivity contribution in [2.75, 3.05) is 5.32 Å². The van der Waals surface area contributed by atoms with Gasteiger partial charge < -0.3 is 10.6 Å². The van der Waals surface area contributed by atoms with Crippen LogP contribution in [0.5, 0.6) is 0 Å². The van der Waals surface area contributed by atoms with Gasteiger partial charge in [-0.05, 0) is 65.8 Å². The van der Waals surface area contributed by atoms with Crippen molar-refractivity contribution in [3.8, 4) is 0 Å². The molecule has 2 aromatic carbocycles. The van der Waals surface area contributed by atoms with Crippen LogP contribution < -0.4 is 10.6 Å². The third-order valence-corrected chi connectivity index (χ3v) is 5.06. The molecule has 0 spiro atoms. The van der Waals surface area contributed by atoms with E-state index in [0.717, 1.165) is 16.4 Å². The maximum Gasteiger partial charge on any atom is 0.255 e. The molecule has 0 aliphatic heterocycles. The summed E-state index contributed by atoms with van der Waals surface area (Å²) in [4.78, 5) is 24.6. The summed E-state index contributed by atoms with van der Waals surface area (Å²) in [5.41, 5.74) is 1.47. The van der Waals surface area contributed by atoms with E-state index in [0.29, 0.717) is 21.8 Å². The van der Waals surface area contributed by atoms with E-state index < -0.39 is 0 Å². The molecule has 0 heterocycles. The van der Waals surface area contributed by atoms with Crippen molar-refractivity contribution in [1.82, 2.24) is 5.32 Å². The van der Waals surface area contributed by atoms with Crippen molar-refractivity contribution < 1.29 is 9.59 Å². The largest absolute Gasteiger partial charge is 0.349 e. The van der Waals surface area contributed by atoms with E-state index in [4.69, 9.17) is 11.6 Å². The Bertz CT molecular complexity index is 775. The van der Waals surface area contributed by atoms with Crippen molar-refractivity contribution >= 4 is 51.7 Å². The number of rotatable bonds is 4. The van der Waals surface area contributed by atoms with Gasteiger partial charge in [0.2, 0.25) is 0 Å². The number of halogens is 2. The van der Waals surface area contributed by atoms with Gasteiger partial charge >= 0.3 is 0 Å². The van der Waals surface area contributed by atoms with Gasteiger partial charge in [0.25, 0.3) is 11.8 Å². The average Bonchev–Trinajstić information content (AvgIpc) is 3.34. The molecule has 23 heavy (non-hydrogen) atoms. The number of hydrogen-bond acceptors (Lipinski definition) is 2. The number of amides is 2. The lowest BCUT2D eigenvalue weighted by atomic mass is 10.1. The topological polar surface area (TPSA) is 58.2 Å². The van der Waals surface area contributed by atoms with Gasteiger partial charge in [0.1, 0.15) is 0 Å². The van der Waals surface area contributed by atoms with E-state index in [9.17, 15) is 9.59 Å². The number of hydrogen-bond donors (Lipinski definition) is 2. The maximum atomic E-state index is 12.4. The summed E-state index contributed by atoms with van der Waals surface area (Å²) in [6, 6.07) is 12.3. The first-order valence-corrected chi connectivity index (χ1v) is 8.66. The summed E-state index contributed by atoms with van der Waals surface area (Å²) in [6.45, 7) is 0. The van der Waals surface area contributed by atoms with Gasteiger partial charge in [-0.1, -0.05) is 23.7 Å². The maximum absolute atomic E-state index is 12.4. The molecule has 2 aromatic rings. The Labute approximate surface area is 152 Å². The van der Waals surface area contributed by atoms with Crippen LogP contribution in [0, 0.1) is 3.57 Å². The lowest BCUT2D eigenvalue weighted by Gasteiger charge is -2.11. The minimum Gasteiger partial charge on any atom is -0.349 e. The first-order valence-electron chi connectivity index (χ1n) is 7.21. The number of carbonyl (C=O) groups excluding carboxylic acids is 2. The fourth-order valence-corrected chi connectivity index (χ4v) is 2.75. The molecule has 1 aliphatic carbocycles. The van der Waals surface area contributed by atoms with Gasteiger partial charge in [-0.3, -0.25) is 9.59 Å². The Morgan fingerprint density at radius 1 is 1.09 bits per heavy atom. The van der Waals surface area contributed by atoms with Gasteiger partial charge in [-0.2, -0.15) is 0 Å². The smallest absolute Gasteiger partial charge is 0.255 e. The molecule has 6 heteroatoms. The first-order chi connectivity index (χ1) is 11.0. The minimum absolute atomic E-state index is 0.158. The van der Waals surface area contributed by atoms with Gasteiger partial charge in [0.15, 0.2) is 0 Å². The summed E-state index contributed by atoms with van der Waals surface area (Å²) in [5, 5.41) is 6.34. The van der Waals surface area contributed by atoms with E-state index in [-0.39, 0.29) is 17.9 Å². The Hall–Kier alpha value is -1.60. The third-order valence-electron chi connectivity index (χ3n) is 3.51. The van der Waals surface area contributed by atoms with Crippen LogP contribution in [-0.4, -0.2) is 17.9 Å². The van der Waals surface area contributed by atoms with Crippen LogP contribution in [-0.2, 0) is 0 Å². The van der Waals surface area contributed by atoms with Crippen molar-refractivity contribution in [3.05, 3.63) is 62.2 Å². The van der Waals surface area contributed by atoms with Crippen LogP contribution in [0.1, 0.15) is 33.6 Å². The number of anilines is 1. The molecule has 1 aliphatic rings. The second kappa shape index (κ2) is 6.88. The van der Waals surface area contributed by atoms with E-state index in [1.54, 1.807) is 42.5 Å². The molecule has 0 saturated heterocycles. The highest BCUT2D eigenvalue weighted by Gasteiger charge is 2.25. The second-order valence-corrected chi connectivity index (χ2v) is 6.95. The van der Waals surface area contributed by atoms with Crippen molar-refractivity contribution in [2.24, 2.45) is 0 Å². The highest BCUT2D eigenvalue weighted by molar-refractivity contribution is 14.1. The predicted molar refractivity (Wildman–Crippen MR) is 99.1 cm³/mol. The molecular weight excluding hydrogens is 427 g/mol. The van der Waals surface area contributed by atoms with E-state index in [2.05, 4.69) is 33.2 Å². The highest BCUT2D eigenvalue weighted by atomic mass is 127. The molecule has 2 amide bonds. The van der Waals surface area contributed by atoms with Crippen LogP contribution >= 0.6 is 34.2 Å². The lowest BCUT2D eigenvalue weighted by molar-refractivity contribution is 0.0952. The molecule has 0 aromatic heterocycles. The zero-order valence-electron chi connectivity index (χ0n) is 12.1. The molecular formula is C17H14ClIN2O2. The Balaban J connectivity index is 1.80. The van der Waals surface area contributed by atoms with E-state index >= 15 is 0 Å². The number of para-hydroxylation sites is 1. The quantitative estimate of drug-likeness (QED) is 0.704. The van der Waals surface area contributed by atoms with Gasteiger partial charge in [0.05, 0.1) is 16.3 Å². The molecule has 0 radical (unpaired) electrons. The first kappa shape index (κ1) is 16.3. The Morgan fingerprint density at radius 3 is 2.52 bits per heavy atom. The van der Waals surface area contributed by atoms with E-state index in [1.807, 2.05) is 0 Å². The normalized spacial score (nSPS) is 13.5. The molecule has 1 saturated carbocycles. The van der Waals surface area contributed by atoms with Crippen LogP contribution in [0.4, 0.5) is 5.69 Å². The summed E-state index contributed by atoms with van der Waals surface area (Å²) < 4.78 is 0.802. The standard InChI is InChI=1S/C17H14ClIN2O2/c18-13-8-5-10(9-14(13)19)16(22)21-15-4-2-1-3-12(15)17(23)20-11-6-7-11/h1-5,8-9,11H,6-7H2,(H,20,23)(H,21,22).